The summed E-state index contributed by atoms with van der Waals surface area (Å²) < 4.78 is 5.28. The van der Waals surface area contributed by atoms with Crippen LogP contribution in [0.3, 0.4) is 0 Å². The monoisotopic (exact) mass is 259 g/mol. The summed E-state index contributed by atoms with van der Waals surface area (Å²) in [5.41, 5.74) is 2.15. The first-order valence-electron chi connectivity index (χ1n) is 6.42. The molecule has 2 aromatic rings. The molecule has 1 aliphatic carbocycles. The van der Waals surface area contributed by atoms with Gasteiger partial charge in [-0.25, -0.2) is 4.98 Å². The van der Waals surface area contributed by atoms with Crippen molar-refractivity contribution in [3.8, 4) is 0 Å². The smallest absolute Gasteiger partial charge is 0.234 e. The largest absolute Gasteiger partial charge is 0.443 e. The molecule has 0 aliphatic heterocycles. The number of nitrogens with zero attached hydrogens (tertiary/aromatic N) is 2. The van der Waals surface area contributed by atoms with E-state index in [0.29, 0.717) is 5.58 Å². The fourth-order valence-electron chi connectivity index (χ4n) is 2.48. The van der Waals surface area contributed by atoms with Gasteiger partial charge in [-0.3, -0.25) is 4.79 Å². The molecule has 1 amide bonds. The molecule has 0 bridgehead atoms. The molecule has 1 N–H and O–H groups in total. The second-order valence-corrected chi connectivity index (χ2v) is 5.18. The molecule has 1 fully saturated rings. The van der Waals surface area contributed by atoms with Crippen molar-refractivity contribution in [1.29, 1.82) is 0 Å². The Bertz CT molecular complexity index is 616. The fraction of sp³-hybridized carbons (Fsp3) is 0.429. The van der Waals surface area contributed by atoms with E-state index in [1.807, 2.05) is 32.3 Å². The standard InChI is InChI=1S/C14H17N3O2/c1-15-8-14(5-6-14)13(18)17(2)10-3-4-11-12(7-10)19-9-16-11/h3-4,7,9,15H,5-6,8H2,1-2H3. The third-order valence-corrected chi connectivity index (χ3v) is 3.83. The van der Waals surface area contributed by atoms with Crippen LogP contribution in [-0.2, 0) is 4.79 Å². The molecular formula is C14H17N3O2. The van der Waals surface area contributed by atoms with Crippen LogP contribution in [0, 0.1) is 5.41 Å². The average Bonchev–Trinajstić information content (AvgIpc) is 3.05. The van der Waals surface area contributed by atoms with Crippen LogP contribution in [0.1, 0.15) is 12.8 Å². The minimum Gasteiger partial charge on any atom is -0.443 e. The summed E-state index contributed by atoms with van der Waals surface area (Å²) in [6.45, 7) is 0.737. The van der Waals surface area contributed by atoms with Crippen LogP contribution in [0.2, 0.25) is 0 Å². The molecule has 0 atom stereocenters. The molecule has 0 unspecified atom stereocenters. The quantitative estimate of drug-likeness (QED) is 0.909. The van der Waals surface area contributed by atoms with Gasteiger partial charge in [0.05, 0.1) is 5.41 Å². The Labute approximate surface area is 111 Å². The Morgan fingerprint density at radius 3 is 3.00 bits per heavy atom. The highest BCUT2D eigenvalue weighted by Crippen LogP contribution is 2.47. The van der Waals surface area contributed by atoms with Gasteiger partial charge in [0.25, 0.3) is 0 Å². The van der Waals surface area contributed by atoms with E-state index >= 15 is 0 Å². The number of rotatable bonds is 4. The van der Waals surface area contributed by atoms with Crippen molar-refractivity contribution in [2.45, 2.75) is 12.8 Å². The summed E-state index contributed by atoms with van der Waals surface area (Å²) in [7, 11) is 3.70. The molecule has 1 aliphatic rings. The topological polar surface area (TPSA) is 58.4 Å². The lowest BCUT2D eigenvalue weighted by atomic mass is 10.1. The highest BCUT2D eigenvalue weighted by Gasteiger charge is 2.50. The molecule has 1 aromatic heterocycles. The Morgan fingerprint density at radius 1 is 1.53 bits per heavy atom. The minimum atomic E-state index is -0.208. The molecule has 1 heterocycles. The first kappa shape index (κ1) is 12.2. The first-order chi connectivity index (χ1) is 9.16. The van der Waals surface area contributed by atoms with Crippen LogP contribution < -0.4 is 10.2 Å². The van der Waals surface area contributed by atoms with Crippen molar-refractivity contribution in [1.82, 2.24) is 10.3 Å². The van der Waals surface area contributed by atoms with E-state index in [4.69, 9.17) is 4.42 Å². The van der Waals surface area contributed by atoms with Gasteiger partial charge in [0, 0.05) is 25.3 Å². The van der Waals surface area contributed by atoms with Crippen LogP contribution in [0.5, 0.6) is 0 Å². The molecule has 1 saturated carbocycles. The number of anilines is 1. The zero-order valence-corrected chi connectivity index (χ0v) is 11.1. The predicted octanol–water partition coefficient (Wildman–Crippen LogP) is 1.79. The molecule has 100 valence electrons. The predicted molar refractivity (Wildman–Crippen MR) is 73.0 cm³/mol. The molecular weight excluding hydrogens is 242 g/mol. The van der Waals surface area contributed by atoms with E-state index in [9.17, 15) is 4.79 Å². The average molecular weight is 259 g/mol. The number of hydrogen-bond acceptors (Lipinski definition) is 4. The highest BCUT2D eigenvalue weighted by atomic mass is 16.3. The molecule has 5 nitrogen and oxygen atoms in total. The maximum atomic E-state index is 12.5. The maximum Gasteiger partial charge on any atom is 0.234 e. The van der Waals surface area contributed by atoms with E-state index in [1.54, 1.807) is 4.90 Å². The summed E-state index contributed by atoms with van der Waals surface area (Å²) in [5.74, 6) is 0.167. The number of aromatic nitrogens is 1. The summed E-state index contributed by atoms with van der Waals surface area (Å²) in [6, 6.07) is 5.63. The highest BCUT2D eigenvalue weighted by molar-refractivity contribution is 6.00. The molecule has 19 heavy (non-hydrogen) atoms. The van der Waals surface area contributed by atoms with Crippen LogP contribution in [0.25, 0.3) is 11.1 Å². The van der Waals surface area contributed by atoms with E-state index in [1.165, 1.54) is 6.39 Å². The van der Waals surface area contributed by atoms with Crippen molar-refractivity contribution in [2.75, 3.05) is 25.5 Å². The summed E-state index contributed by atoms with van der Waals surface area (Å²) in [5, 5.41) is 3.11. The first-order valence-corrected chi connectivity index (χ1v) is 6.42. The third kappa shape index (κ3) is 2.00. The van der Waals surface area contributed by atoms with E-state index < -0.39 is 0 Å². The third-order valence-electron chi connectivity index (χ3n) is 3.83. The fourth-order valence-corrected chi connectivity index (χ4v) is 2.48. The van der Waals surface area contributed by atoms with Gasteiger partial charge in [0.2, 0.25) is 5.91 Å². The van der Waals surface area contributed by atoms with Crippen molar-refractivity contribution < 1.29 is 9.21 Å². The number of nitrogens with one attached hydrogen (secondary N) is 1. The van der Waals surface area contributed by atoms with Gasteiger partial charge in [0.1, 0.15) is 5.52 Å². The van der Waals surface area contributed by atoms with Gasteiger partial charge in [-0.15, -0.1) is 0 Å². The van der Waals surface area contributed by atoms with Gasteiger partial charge >= 0.3 is 0 Å². The number of carbonyl (C=O) groups excluding carboxylic acids is 1. The van der Waals surface area contributed by atoms with Gasteiger partial charge < -0.3 is 14.6 Å². The van der Waals surface area contributed by atoms with E-state index in [-0.39, 0.29) is 11.3 Å². The van der Waals surface area contributed by atoms with E-state index in [2.05, 4.69) is 10.3 Å². The lowest BCUT2D eigenvalue weighted by Crippen LogP contribution is -2.39. The van der Waals surface area contributed by atoms with Crippen LogP contribution >= 0.6 is 0 Å². The van der Waals surface area contributed by atoms with Gasteiger partial charge in [-0.05, 0) is 32.0 Å². The Hall–Kier alpha value is -1.88. The number of carbonyl (C=O) groups is 1. The molecule has 0 spiro atoms. The minimum absolute atomic E-state index is 0.167. The van der Waals surface area contributed by atoms with Crippen LogP contribution in [0.4, 0.5) is 5.69 Å². The number of amides is 1. The van der Waals surface area contributed by atoms with Crippen molar-refractivity contribution in [3.63, 3.8) is 0 Å². The van der Waals surface area contributed by atoms with Crippen molar-refractivity contribution >= 4 is 22.7 Å². The summed E-state index contributed by atoms with van der Waals surface area (Å²) in [6.07, 6.45) is 3.34. The zero-order chi connectivity index (χ0) is 13.5. The number of oxazole rings is 1. The Kier molecular flexibility index (Phi) is 2.78. The summed E-state index contributed by atoms with van der Waals surface area (Å²) in [4.78, 5) is 18.3. The second-order valence-electron chi connectivity index (χ2n) is 5.18. The Balaban J connectivity index is 1.86. The lowest BCUT2D eigenvalue weighted by Gasteiger charge is -2.23. The lowest BCUT2D eigenvalue weighted by molar-refractivity contribution is -0.123. The zero-order valence-electron chi connectivity index (χ0n) is 11.1. The van der Waals surface area contributed by atoms with Crippen molar-refractivity contribution in [2.24, 2.45) is 5.41 Å². The SMILES string of the molecule is CNCC1(C(=O)N(C)c2ccc3ncoc3c2)CC1. The summed E-state index contributed by atoms with van der Waals surface area (Å²) >= 11 is 0. The molecule has 3 rings (SSSR count). The van der Waals surface area contributed by atoms with E-state index in [0.717, 1.165) is 30.6 Å². The van der Waals surface area contributed by atoms with Crippen LogP contribution in [-0.4, -0.2) is 31.5 Å². The van der Waals surface area contributed by atoms with Gasteiger partial charge in [-0.2, -0.15) is 0 Å². The van der Waals surface area contributed by atoms with Crippen molar-refractivity contribution in [3.05, 3.63) is 24.6 Å². The van der Waals surface area contributed by atoms with Gasteiger partial charge in [-0.1, -0.05) is 0 Å². The normalized spacial score (nSPS) is 16.5. The molecule has 1 aromatic carbocycles. The maximum absolute atomic E-state index is 12.5. The molecule has 0 radical (unpaired) electrons. The number of hydrogen-bond donors (Lipinski definition) is 1. The van der Waals surface area contributed by atoms with Gasteiger partial charge in [0.15, 0.2) is 12.0 Å². The number of fused-ring (bicyclic) bond motifs is 1. The Morgan fingerprint density at radius 2 is 2.32 bits per heavy atom. The second kappa shape index (κ2) is 4.35. The van der Waals surface area contributed by atoms with Crippen LogP contribution in [0.15, 0.2) is 29.0 Å². The molecule has 5 heteroatoms. The number of benzene rings is 1. The molecule has 0 saturated heterocycles.